The lowest BCUT2D eigenvalue weighted by molar-refractivity contribution is 0.738. The Morgan fingerprint density at radius 1 is 1.50 bits per heavy atom. The number of aromatic nitrogens is 2. The van der Waals surface area contributed by atoms with Crippen molar-refractivity contribution in [2.45, 2.75) is 33.1 Å². The van der Waals surface area contributed by atoms with Gasteiger partial charge in [-0.1, -0.05) is 13.8 Å². The molecule has 0 fully saturated rings. The average molecular weight is 188 g/mol. The highest BCUT2D eigenvalue weighted by atomic mass is 14.8. The molecule has 2 aromatic rings. The summed E-state index contributed by atoms with van der Waals surface area (Å²) in [6.07, 6.45) is 5.09. The van der Waals surface area contributed by atoms with Crippen LogP contribution in [0, 0.1) is 6.92 Å². The van der Waals surface area contributed by atoms with E-state index in [9.17, 15) is 0 Å². The Morgan fingerprint density at radius 3 is 3.00 bits per heavy atom. The molecule has 2 rings (SSSR count). The van der Waals surface area contributed by atoms with Crippen molar-refractivity contribution in [3.63, 3.8) is 0 Å². The summed E-state index contributed by atoms with van der Waals surface area (Å²) >= 11 is 0. The van der Waals surface area contributed by atoms with Gasteiger partial charge in [0.1, 0.15) is 5.65 Å². The molecule has 1 atom stereocenters. The van der Waals surface area contributed by atoms with Gasteiger partial charge in [0.25, 0.3) is 0 Å². The van der Waals surface area contributed by atoms with Crippen LogP contribution >= 0.6 is 0 Å². The number of aryl methyl sites for hydroxylation is 1. The van der Waals surface area contributed by atoms with E-state index in [1.54, 1.807) is 0 Å². The second kappa shape index (κ2) is 3.45. The van der Waals surface area contributed by atoms with Gasteiger partial charge in [0, 0.05) is 17.8 Å². The van der Waals surface area contributed by atoms with Crippen LogP contribution in [0.25, 0.3) is 11.0 Å². The van der Waals surface area contributed by atoms with Crippen molar-refractivity contribution in [1.82, 2.24) is 9.97 Å². The molecule has 1 N–H and O–H groups in total. The van der Waals surface area contributed by atoms with E-state index in [1.165, 1.54) is 22.9 Å². The molecule has 2 aromatic heterocycles. The highest BCUT2D eigenvalue weighted by molar-refractivity contribution is 5.83. The maximum Gasteiger partial charge on any atom is 0.137 e. The minimum atomic E-state index is 0.606. The molecule has 0 aliphatic carbocycles. The summed E-state index contributed by atoms with van der Waals surface area (Å²) in [4.78, 5) is 7.52. The van der Waals surface area contributed by atoms with E-state index in [0.29, 0.717) is 5.92 Å². The third-order valence-corrected chi connectivity index (χ3v) is 2.95. The number of pyridine rings is 1. The zero-order chi connectivity index (χ0) is 10.1. The van der Waals surface area contributed by atoms with Gasteiger partial charge in [0.05, 0.1) is 0 Å². The predicted octanol–water partition coefficient (Wildman–Crippen LogP) is 3.38. The topological polar surface area (TPSA) is 28.7 Å². The van der Waals surface area contributed by atoms with Gasteiger partial charge in [-0.15, -0.1) is 0 Å². The standard InChI is InChI=1S/C12H16N2/c1-4-8(2)10-5-6-13-12-11(10)9(3)7-14-12/h5-8H,4H2,1-3H3,(H,13,14). The lowest BCUT2D eigenvalue weighted by atomic mass is 9.95. The highest BCUT2D eigenvalue weighted by Crippen LogP contribution is 2.28. The molecular formula is C12H16N2. The summed E-state index contributed by atoms with van der Waals surface area (Å²) < 4.78 is 0. The van der Waals surface area contributed by atoms with Crippen molar-refractivity contribution in [3.8, 4) is 0 Å². The van der Waals surface area contributed by atoms with Gasteiger partial charge < -0.3 is 4.98 Å². The normalized spacial score (nSPS) is 13.4. The molecule has 1 unspecified atom stereocenters. The molecule has 0 radical (unpaired) electrons. The van der Waals surface area contributed by atoms with Gasteiger partial charge in [-0.05, 0) is 36.5 Å². The molecule has 2 heterocycles. The Morgan fingerprint density at radius 2 is 2.29 bits per heavy atom. The Bertz CT molecular complexity index is 443. The van der Waals surface area contributed by atoms with Crippen LogP contribution in [0.1, 0.15) is 37.3 Å². The second-order valence-electron chi connectivity index (χ2n) is 3.90. The molecule has 2 heteroatoms. The summed E-state index contributed by atoms with van der Waals surface area (Å²) in [5, 5.41) is 1.31. The molecule has 0 amide bonds. The molecule has 0 aromatic carbocycles. The molecular weight excluding hydrogens is 172 g/mol. The SMILES string of the molecule is CCC(C)c1ccnc2[nH]cc(C)c12. The highest BCUT2D eigenvalue weighted by Gasteiger charge is 2.10. The van der Waals surface area contributed by atoms with Gasteiger partial charge in [-0.25, -0.2) is 4.98 Å². The van der Waals surface area contributed by atoms with E-state index >= 15 is 0 Å². The van der Waals surface area contributed by atoms with Crippen molar-refractivity contribution in [2.24, 2.45) is 0 Å². The van der Waals surface area contributed by atoms with Crippen LogP contribution in [0.3, 0.4) is 0 Å². The fraction of sp³-hybridized carbons (Fsp3) is 0.417. The molecule has 0 saturated heterocycles. The molecule has 0 saturated carbocycles. The molecule has 0 aliphatic heterocycles. The Hall–Kier alpha value is -1.31. The van der Waals surface area contributed by atoms with Crippen LogP contribution in [-0.2, 0) is 0 Å². The maximum atomic E-state index is 4.32. The van der Waals surface area contributed by atoms with Crippen LogP contribution in [-0.4, -0.2) is 9.97 Å². The maximum absolute atomic E-state index is 4.32. The summed E-state index contributed by atoms with van der Waals surface area (Å²) in [6.45, 7) is 6.62. The largest absolute Gasteiger partial charge is 0.346 e. The fourth-order valence-corrected chi connectivity index (χ4v) is 1.88. The van der Waals surface area contributed by atoms with Crippen molar-refractivity contribution in [1.29, 1.82) is 0 Å². The Kier molecular flexibility index (Phi) is 2.28. The number of rotatable bonds is 2. The lowest BCUT2D eigenvalue weighted by Crippen LogP contribution is -1.93. The molecule has 0 bridgehead atoms. The van der Waals surface area contributed by atoms with Crippen LogP contribution in [0.2, 0.25) is 0 Å². The summed E-state index contributed by atoms with van der Waals surface area (Å²) in [5.74, 6) is 0.606. The molecule has 74 valence electrons. The first-order valence-corrected chi connectivity index (χ1v) is 5.16. The summed E-state index contributed by atoms with van der Waals surface area (Å²) in [5.41, 5.74) is 3.72. The van der Waals surface area contributed by atoms with Crippen molar-refractivity contribution in [3.05, 3.63) is 29.6 Å². The van der Waals surface area contributed by atoms with E-state index in [4.69, 9.17) is 0 Å². The van der Waals surface area contributed by atoms with E-state index in [-0.39, 0.29) is 0 Å². The summed E-state index contributed by atoms with van der Waals surface area (Å²) in [7, 11) is 0. The van der Waals surface area contributed by atoms with Crippen molar-refractivity contribution < 1.29 is 0 Å². The molecule has 14 heavy (non-hydrogen) atoms. The third kappa shape index (κ3) is 1.31. The van der Waals surface area contributed by atoms with E-state index in [2.05, 4.69) is 36.8 Å². The number of nitrogens with one attached hydrogen (secondary N) is 1. The number of hydrogen-bond acceptors (Lipinski definition) is 1. The van der Waals surface area contributed by atoms with Crippen LogP contribution in [0.15, 0.2) is 18.5 Å². The minimum Gasteiger partial charge on any atom is -0.346 e. The quantitative estimate of drug-likeness (QED) is 0.769. The average Bonchev–Trinajstić information content (AvgIpc) is 2.59. The molecule has 0 aliphatic rings. The molecule has 2 nitrogen and oxygen atoms in total. The Labute approximate surface area is 84.4 Å². The zero-order valence-electron chi connectivity index (χ0n) is 8.96. The van der Waals surface area contributed by atoms with E-state index < -0.39 is 0 Å². The van der Waals surface area contributed by atoms with Gasteiger partial charge in [0.2, 0.25) is 0 Å². The van der Waals surface area contributed by atoms with Crippen molar-refractivity contribution in [2.75, 3.05) is 0 Å². The predicted molar refractivity (Wildman–Crippen MR) is 59.5 cm³/mol. The number of fused-ring (bicyclic) bond motifs is 1. The van der Waals surface area contributed by atoms with Gasteiger partial charge in [-0.2, -0.15) is 0 Å². The number of hydrogen-bond donors (Lipinski definition) is 1. The number of H-pyrrole nitrogens is 1. The lowest BCUT2D eigenvalue weighted by Gasteiger charge is -2.10. The second-order valence-corrected chi connectivity index (χ2v) is 3.90. The van der Waals surface area contributed by atoms with Gasteiger partial charge >= 0.3 is 0 Å². The summed E-state index contributed by atoms with van der Waals surface area (Å²) in [6, 6.07) is 2.14. The zero-order valence-corrected chi connectivity index (χ0v) is 8.96. The number of aromatic amines is 1. The van der Waals surface area contributed by atoms with Gasteiger partial charge in [0.15, 0.2) is 0 Å². The van der Waals surface area contributed by atoms with E-state index in [1.807, 2.05) is 12.4 Å². The van der Waals surface area contributed by atoms with Crippen LogP contribution < -0.4 is 0 Å². The third-order valence-electron chi connectivity index (χ3n) is 2.95. The first-order chi connectivity index (χ1) is 6.74. The Balaban J connectivity index is 2.69. The van der Waals surface area contributed by atoms with E-state index in [0.717, 1.165) is 5.65 Å². The first kappa shape index (κ1) is 9.25. The molecule has 0 spiro atoms. The smallest absolute Gasteiger partial charge is 0.137 e. The van der Waals surface area contributed by atoms with Gasteiger partial charge in [-0.3, -0.25) is 0 Å². The monoisotopic (exact) mass is 188 g/mol. The first-order valence-electron chi connectivity index (χ1n) is 5.16. The van der Waals surface area contributed by atoms with Crippen LogP contribution in [0.5, 0.6) is 0 Å². The van der Waals surface area contributed by atoms with Crippen molar-refractivity contribution >= 4 is 11.0 Å². The van der Waals surface area contributed by atoms with Crippen LogP contribution in [0.4, 0.5) is 0 Å². The number of nitrogens with zero attached hydrogens (tertiary/aromatic N) is 1. The fourth-order valence-electron chi connectivity index (χ4n) is 1.88. The minimum absolute atomic E-state index is 0.606.